The Balaban J connectivity index is 1.42. The predicted octanol–water partition coefficient (Wildman–Crippen LogP) is 1.28. The summed E-state index contributed by atoms with van der Waals surface area (Å²) in [7, 11) is 0. The zero-order valence-electron chi connectivity index (χ0n) is 14.2. The number of nitriles is 1. The maximum Gasteiger partial charge on any atom is 0.258 e. The van der Waals surface area contributed by atoms with Crippen LogP contribution in [-0.4, -0.2) is 45.4 Å². The second-order valence-electron chi connectivity index (χ2n) is 6.29. The van der Waals surface area contributed by atoms with Gasteiger partial charge in [-0.2, -0.15) is 5.26 Å². The summed E-state index contributed by atoms with van der Waals surface area (Å²) in [5.74, 6) is 0.894. The van der Waals surface area contributed by atoms with Crippen molar-refractivity contribution in [2.24, 2.45) is 0 Å². The fraction of sp³-hybridized carbons (Fsp3) is 0.263. The highest BCUT2D eigenvalue weighted by Crippen LogP contribution is 2.15. The van der Waals surface area contributed by atoms with Crippen molar-refractivity contribution in [3.8, 4) is 6.07 Å². The van der Waals surface area contributed by atoms with E-state index in [2.05, 4.69) is 25.8 Å². The first-order chi connectivity index (χ1) is 12.7. The van der Waals surface area contributed by atoms with Crippen LogP contribution >= 0.6 is 0 Å². The lowest BCUT2D eigenvalue weighted by Gasteiger charge is -2.35. The largest absolute Gasteiger partial charge is 0.354 e. The molecule has 0 saturated carbocycles. The Morgan fingerprint density at radius 2 is 1.96 bits per heavy atom. The van der Waals surface area contributed by atoms with Crippen LogP contribution in [0.4, 0.5) is 5.82 Å². The minimum Gasteiger partial charge on any atom is -0.354 e. The van der Waals surface area contributed by atoms with Crippen LogP contribution in [0.3, 0.4) is 0 Å². The van der Waals surface area contributed by atoms with Gasteiger partial charge in [0.25, 0.3) is 5.56 Å². The number of pyridine rings is 2. The van der Waals surface area contributed by atoms with E-state index in [1.807, 2.05) is 24.3 Å². The van der Waals surface area contributed by atoms with Crippen molar-refractivity contribution >= 4 is 11.5 Å². The summed E-state index contributed by atoms with van der Waals surface area (Å²) in [6.07, 6.45) is 3.34. The molecule has 7 heteroatoms. The highest BCUT2D eigenvalue weighted by atomic mass is 16.1. The van der Waals surface area contributed by atoms with Gasteiger partial charge in [0.15, 0.2) is 0 Å². The van der Waals surface area contributed by atoms with Gasteiger partial charge in [0.1, 0.15) is 17.5 Å². The molecule has 4 rings (SSSR count). The Bertz CT molecular complexity index is 1010. The number of anilines is 1. The van der Waals surface area contributed by atoms with Crippen molar-refractivity contribution < 1.29 is 0 Å². The molecule has 0 aliphatic carbocycles. The predicted molar refractivity (Wildman–Crippen MR) is 97.9 cm³/mol. The second kappa shape index (κ2) is 6.94. The fourth-order valence-electron chi connectivity index (χ4n) is 3.19. The molecule has 3 aromatic heterocycles. The molecule has 0 aromatic carbocycles. The van der Waals surface area contributed by atoms with Crippen LogP contribution in [0, 0.1) is 11.3 Å². The van der Waals surface area contributed by atoms with Gasteiger partial charge in [-0.25, -0.2) is 9.97 Å². The Kier molecular flexibility index (Phi) is 4.33. The fourth-order valence-corrected chi connectivity index (χ4v) is 3.19. The van der Waals surface area contributed by atoms with Gasteiger partial charge in [-0.1, -0.05) is 6.07 Å². The molecule has 130 valence electrons. The third-order valence-corrected chi connectivity index (χ3v) is 4.58. The van der Waals surface area contributed by atoms with E-state index in [0.29, 0.717) is 17.8 Å². The molecular formula is C19H18N6O. The SMILES string of the molecule is N#Cc1ccc(N2CCN(Cc3cc(=O)n4ccccc4n3)CC2)nc1. The van der Waals surface area contributed by atoms with Crippen molar-refractivity contribution in [1.29, 1.82) is 5.26 Å². The average molecular weight is 346 g/mol. The minimum atomic E-state index is -0.0500. The first-order valence-corrected chi connectivity index (χ1v) is 8.54. The monoisotopic (exact) mass is 346 g/mol. The van der Waals surface area contributed by atoms with Crippen LogP contribution < -0.4 is 10.5 Å². The Labute approximate surface area is 150 Å². The quantitative estimate of drug-likeness (QED) is 0.711. The topological polar surface area (TPSA) is 77.5 Å². The van der Waals surface area contributed by atoms with E-state index >= 15 is 0 Å². The van der Waals surface area contributed by atoms with Gasteiger partial charge in [0.2, 0.25) is 0 Å². The highest BCUT2D eigenvalue weighted by molar-refractivity contribution is 5.42. The number of fused-ring (bicyclic) bond motifs is 1. The first-order valence-electron chi connectivity index (χ1n) is 8.54. The summed E-state index contributed by atoms with van der Waals surface area (Å²) in [5.41, 5.74) is 1.99. The zero-order chi connectivity index (χ0) is 17.9. The molecule has 26 heavy (non-hydrogen) atoms. The smallest absolute Gasteiger partial charge is 0.258 e. The maximum absolute atomic E-state index is 12.2. The molecule has 0 spiro atoms. The molecule has 4 heterocycles. The summed E-state index contributed by atoms with van der Waals surface area (Å²) in [5, 5.41) is 8.86. The number of nitrogens with zero attached hydrogens (tertiary/aromatic N) is 6. The van der Waals surface area contributed by atoms with Crippen molar-refractivity contribution in [3.63, 3.8) is 0 Å². The normalized spacial score (nSPS) is 15.1. The Hall–Kier alpha value is -3.24. The van der Waals surface area contributed by atoms with Gasteiger partial charge in [-0.3, -0.25) is 14.1 Å². The zero-order valence-corrected chi connectivity index (χ0v) is 14.2. The van der Waals surface area contributed by atoms with E-state index in [9.17, 15) is 4.79 Å². The maximum atomic E-state index is 12.2. The summed E-state index contributed by atoms with van der Waals surface area (Å²) in [4.78, 5) is 25.6. The molecule has 0 bridgehead atoms. The van der Waals surface area contributed by atoms with E-state index in [4.69, 9.17) is 5.26 Å². The minimum absolute atomic E-state index is 0.0500. The molecule has 3 aromatic rings. The van der Waals surface area contributed by atoms with Crippen molar-refractivity contribution in [2.45, 2.75) is 6.54 Å². The standard InChI is InChI=1S/C19H18N6O/c20-12-15-4-5-17(21-13-15)24-9-7-23(8-10-24)14-16-11-19(26)25-6-2-1-3-18(25)22-16/h1-6,11,13H,7-10,14H2. The highest BCUT2D eigenvalue weighted by Gasteiger charge is 2.19. The van der Waals surface area contributed by atoms with Crippen LogP contribution in [0.1, 0.15) is 11.3 Å². The van der Waals surface area contributed by atoms with E-state index in [-0.39, 0.29) is 5.56 Å². The third kappa shape index (κ3) is 3.27. The van der Waals surface area contributed by atoms with Gasteiger partial charge in [-0.15, -0.1) is 0 Å². The van der Waals surface area contributed by atoms with Crippen LogP contribution in [0.15, 0.2) is 53.6 Å². The van der Waals surface area contributed by atoms with Gasteiger partial charge in [-0.05, 0) is 24.3 Å². The molecule has 7 nitrogen and oxygen atoms in total. The number of aromatic nitrogens is 3. The van der Waals surface area contributed by atoms with Crippen LogP contribution in [0.2, 0.25) is 0 Å². The van der Waals surface area contributed by atoms with Gasteiger partial charge in [0.05, 0.1) is 11.3 Å². The lowest BCUT2D eigenvalue weighted by atomic mass is 10.2. The number of hydrogen-bond acceptors (Lipinski definition) is 6. The Morgan fingerprint density at radius 1 is 1.12 bits per heavy atom. The van der Waals surface area contributed by atoms with E-state index in [0.717, 1.165) is 37.7 Å². The lowest BCUT2D eigenvalue weighted by Crippen LogP contribution is -2.46. The summed E-state index contributed by atoms with van der Waals surface area (Å²) >= 11 is 0. The molecular weight excluding hydrogens is 328 g/mol. The third-order valence-electron chi connectivity index (χ3n) is 4.58. The molecule has 0 N–H and O–H groups in total. The Morgan fingerprint density at radius 3 is 2.69 bits per heavy atom. The molecule has 0 atom stereocenters. The van der Waals surface area contributed by atoms with Crippen LogP contribution in [-0.2, 0) is 6.54 Å². The molecule has 1 saturated heterocycles. The van der Waals surface area contributed by atoms with Gasteiger partial charge < -0.3 is 4.90 Å². The van der Waals surface area contributed by atoms with Crippen molar-refractivity contribution in [2.75, 3.05) is 31.1 Å². The molecule has 1 fully saturated rings. The summed E-state index contributed by atoms with van der Waals surface area (Å²) in [6.45, 7) is 4.11. The van der Waals surface area contributed by atoms with E-state index < -0.39 is 0 Å². The first kappa shape index (κ1) is 16.2. The van der Waals surface area contributed by atoms with Crippen molar-refractivity contribution in [1.82, 2.24) is 19.3 Å². The lowest BCUT2D eigenvalue weighted by molar-refractivity contribution is 0.246. The number of hydrogen-bond donors (Lipinski definition) is 0. The average Bonchev–Trinajstić information content (AvgIpc) is 2.69. The second-order valence-corrected chi connectivity index (χ2v) is 6.29. The van der Waals surface area contributed by atoms with Gasteiger partial charge >= 0.3 is 0 Å². The summed E-state index contributed by atoms with van der Waals surface area (Å²) < 4.78 is 1.55. The van der Waals surface area contributed by atoms with E-state index in [1.165, 1.54) is 0 Å². The molecule has 0 unspecified atom stereocenters. The van der Waals surface area contributed by atoms with Crippen LogP contribution in [0.25, 0.3) is 5.65 Å². The molecule has 1 aliphatic rings. The molecule has 0 amide bonds. The number of piperazine rings is 1. The van der Waals surface area contributed by atoms with Crippen molar-refractivity contribution in [3.05, 3.63) is 70.4 Å². The van der Waals surface area contributed by atoms with E-state index in [1.54, 1.807) is 28.9 Å². The molecule has 1 aliphatic heterocycles. The number of rotatable bonds is 3. The van der Waals surface area contributed by atoms with Gasteiger partial charge in [0, 0.05) is 51.2 Å². The van der Waals surface area contributed by atoms with Crippen LogP contribution in [0.5, 0.6) is 0 Å². The molecule has 0 radical (unpaired) electrons. The summed E-state index contributed by atoms with van der Waals surface area (Å²) in [6, 6.07) is 12.9.